The Bertz CT molecular complexity index is 1080. The summed E-state index contributed by atoms with van der Waals surface area (Å²) in [5.41, 5.74) is -0.499. The Morgan fingerprint density at radius 3 is 2.43 bits per heavy atom. The molecule has 1 N–H and O–H groups in total. The average Bonchev–Trinajstić information content (AvgIpc) is 2.70. The van der Waals surface area contributed by atoms with E-state index in [2.05, 4.69) is 17.2 Å². The van der Waals surface area contributed by atoms with E-state index in [-0.39, 0.29) is 28.6 Å². The number of rotatable bonds is 5. The number of sulfonamides is 1. The molecule has 0 fully saturated rings. The van der Waals surface area contributed by atoms with E-state index in [9.17, 15) is 26.4 Å². The molecule has 0 aromatic heterocycles. The maximum atomic E-state index is 12.7. The van der Waals surface area contributed by atoms with E-state index < -0.39 is 27.7 Å². The van der Waals surface area contributed by atoms with Crippen LogP contribution in [0, 0.1) is 11.8 Å². The van der Waals surface area contributed by atoms with E-state index in [4.69, 9.17) is 0 Å². The average molecular weight is 438 g/mol. The molecule has 30 heavy (non-hydrogen) atoms. The normalized spacial score (nSPS) is 11.9. The SMILES string of the molecule is CC(C)N(C)S(=O)(=O)c1cccc(C(=O)NCC#Cc2cccc(C(F)(F)F)c2)c1. The van der Waals surface area contributed by atoms with Crippen LogP contribution in [-0.4, -0.2) is 38.3 Å². The molecule has 2 aromatic carbocycles. The van der Waals surface area contributed by atoms with E-state index in [0.717, 1.165) is 12.1 Å². The first kappa shape index (κ1) is 23.4. The molecule has 0 unspecified atom stereocenters. The third-order valence-corrected chi connectivity index (χ3v) is 6.29. The van der Waals surface area contributed by atoms with Crippen LogP contribution in [0.2, 0.25) is 0 Å². The van der Waals surface area contributed by atoms with Gasteiger partial charge in [-0.15, -0.1) is 0 Å². The second-order valence-electron chi connectivity index (χ2n) is 6.71. The molecule has 0 aliphatic rings. The highest BCUT2D eigenvalue weighted by Gasteiger charge is 2.30. The molecule has 2 aromatic rings. The highest BCUT2D eigenvalue weighted by Crippen LogP contribution is 2.29. The lowest BCUT2D eigenvalue weighted by atomic mass is 10.1. The zero-order chi connectivity index (χ0) is 22.5. The lowest BCUT2D eigenvalue weighted by molar-refractivity contribution is -0.137. The molecule has 0 saturated carbocycles. The van der Waals surface area contributed by atoms with Crippen LogP contribution in [-0.2, 0) is 16.2 Å². The number of carbonyl (C=O) groups excluding carboxylic acids is 1. The van der Waals surface area contributed by atoms with Gasteiger partial charge < -0.3 is 5.32 Å². The smallest absolute Gasteiger partial charge is 0.341 e. The molecule has 0 radical (unpaired) electrons. The first-order chi connectivity index (χ1) is 13.9. The van der Waals surface area contributed by atoms with Crippen molar-refractivity contribution in [1.82, 2.24) is 9.62 Å². The molecular formula is C21H21F3N2O3S. The van der Waals surface area contributed by atoms with Crippen LogP contribution in [0.25, 0.3) is 0 Å². The summed E-state index contributed by atoms with van der Waals surface area (Å²) in [6.07, 6.45) is -4.46. The number of hydrogen-bond donors (Lipinski definition) is 1. The number of nitrogens with zero attached hydrogens (tertiary/aromatic N) is 1. The van der Waals surface area contributed by atoms with E-state index in [1.165, 1.54) is 47.8 Å². The minimum Gasteiger partial charge on any atom is -0.341 e. The fourth-order valence-corrected chi connectivity index (χ4v) is 3.80. The van der Waals surface area contributed by atoms with Gasteiger partial charge in [0.1, 0.15) is 0 Å². The summed E-state index contributed by atoms with van der Waals surface area (Å²) in [5, 5.41) is 2.50. The van der Waals surface area contributed by atoms with Gasteiger partial charge >= 0.3 is 6.18 Å². The zero-order valence-electron chi connectivity index (χ0n) is 16.6. The molecule has 2 rings (SSSR count). The zero-order valence-corrected chi connectivity index (χ0v) is 17.4. The van der Waals surface area contributed by atoms with Crippen LogP contribution in [0.15, 0.2) is 53.4 Å². The van der Waals surface area contributed by atoms with Crippen molar-refractivity contribution in [3.8, 4) is 11.8 Å². The number of alkyl halides is 3. The van der Waals surface area contributed by atoms with Crippen molar-refractivity contribution in [3.63, 3.8) is 0 Å². The van der Waals surface area contributed by atoms with Crippen LogP contribution in [0.5, 0.6) is 0 Å². The molecule has 0 spiro atoms. The topological polar surface area (TPSA) is 66.5 Å². The van der Waals surface area contributed by atoms with Crippen LogP contribution in [0.4, 0.5) is 13.2 Å². The standard InChI is InChI=1S/C21H21F3N2O3S/c1-15(2)26(3)30(28,29)19-11-5-9-17(14-19)20(27)25-12-6-8-16-7-4-10-18(13-16)21(22,23)24/h4-5,7,9-11,13-15H,12H2,1-3H3,(H,25,27). The van der Waals surface area contributed by atoms with Crippen LogP contribution in [0.3, 0.4) is 0 Å². The van der Waals surface area contributed by atoms with Crippen molar-refractivity contribution in [1.29, 1.82) is 0 Å². The molecule has 5 nitrogen and oxygen atoms in total. The van der Waals surface area contributed by atoms with Crippen molar-refractivity contribution in [2.24, 2.45) is 0 Å². The Kier molecular flexibility index (Phi) is 7.29. The van der Waals surface area contributed by atoms with Crippen molar-refractivity contribution < 1.29 is 26.4 Å². The van der Waals surface area contributed by atoms with Gasteiger partial charge in [-0.3, -0.25) is 4.79 Å². The monoisotopic (exact) mass is 438 g/mol. The molecule has 0 aliphatic carbocycles. The maximum Gasteiger partial charge on any atom is 0.416 e. The summed E-state index contributed by atoms with van der Waals surface area (Å²) < 4.78 is 64.4. The Balaban J connectivity index is 2.08. The summed E-state index contributed by atoms with van der Waals surface area (Å²) >= 11 is 0. The van der Waals surface area contributed by atoms with Gasteiger partial charge in [-0.2, -0.15) is 17.5 Å². The van der Waals surface area contributed by atoms with Crippen molar-refractivity contribution >= 4 is 15.9 Å². The molecule has 0 aliphatic heterocycles. The van der Waals surface area contributed by atoms with Crippen LogP contribution >= 0.6 is 0 Å². The van der Waals surface area contributed by atoms with E-state index in [0.29, 0.717) is 0 Å². The number of carbonyl (C=O) groups is 1. The summed E-state index contributed by atoms with van der Waals surface area (Å²) in [7, 11) is -2.28. The second kappa shape index (κ2) is 9.32. The Labute approximate surface area is 174 Å². The molecular weight excluding hydrogens is 417 g/mol. The molecule has 0 heterocycles. The lowest BCUT2D eigenvalue weighted by Gasteiger charge is -2.21. The minimum absolute atomic E-state index is 0.0126. The third kappa shape index (κ3) is 5.84. The number of halogens is 3. The molecule has 9 heteroatoms. The van der Waals surface area contributed by atoms with Crippen LogP contribution in [0.1, 0.15) is 35.3 Å². The van der Waals surface area contributed by atoms with Gasteiger partial charge in [0.15, 0.2) is 0 Å². The predicted octanol–water partition coefficient (Wildman–Crippen LogP) is 3.52. The quantitative estimate of drug-likeness (QED) is 0.727. The summed E-state index contributed by atoms with van der Waals surface area (Å²) in [4.78, 5) is 12.3. The van der Waals surface area contributed by atoms with Gasteiger partial charge in [-0.1, -0.05) is 24.0 Å². The molecule has 1 amide bonds. The number of nitrogens with one attached hydrogen (secondary N) is 1. The number of benzene rings is 2. The van der Waals surface area contributed by atoms with Gasteiger partial charge in [0.05, 0.1) is 17.0 Å². The first-order valence-electron chi connectivity index (χ1n) is 8.95. The molecule has 0 atom stereocenters. The van der Waals surface area contributed by atoms with E-state index >= 15 is 0 Å². The second-order valence-corrected chi connectivity index (χ2v) is 8.70. The lowest BCUT2D eigenvalue weighted by Crippen LogP contribution is -2.33. The van der Waals surface area contributed by atoms with Gasteiger partial charge in [0, 0.05) is 24.2 Å². The fourth-order valence-electron chi connectivity index (χ4n) is 2.39. The molecule has 160 valence electrons. The maximum absolute atomic E-state index is 12.7. The number of hydrogen-bond acceptors (Lipinski definition) is 3. The van der Waals surface area contributed by atoms with Gasteiger partial charge in [-0.05, 0) is 50.2 Å². The Morgan fingerprint density at radius 2 is 1.80 bits per heavy atom. The van der Waals surface area contributed by atoms with Crippen LogP contribution < -0.4 is 5.32 Å². The summed E-state index contributed by atoms with van der Waals surface area (Å²) in [6.45, 7) is 3.35. The Hall–Kier alpha value is -2.83. The van der Waals surface area contributed by atoms with Crippen molar-refractivity contribution in [2.75, 3.05) is 13.6 Å². The van der Waals surface area contributed by atoms with Crippen molar-refractivity contribution in [3.05, 3.63) is 65.2 Å². The molecule has 0 saturated heterocycles. The highest BCUT2D eigenvalue weighted by atomic mass is 32.2. The summed E-state index contributed by atoms with van der Waals surface area (Å²) in [6, 6.07) is 9.91. The van der Waals surface area contributed by atoms with E-state index in [1.807, 2.05) is 0 Å². The first-order valence-corrected chi connectivity index (χ1v) is 10.4. The van der Waals surface area contributed by atoms with Gasteiger partial charge in [0.25, 0.3) is 5.91 Å². The van der Waals surface area contributed by atoms with E-state index in [1.54, 1.807) is 13.8 Å². The van der Waals surface area contributed by atoms with Gasteiger partial charge in [0.2, 0.25) is 10.0 Å². The minimum atomic E-state index is -4.46. The largest absolute Gasteiger partial charge is 0.416 e. The summed E-state index contributed by atoms with van der Waals surface area (Å²) in [5.74, 6) is 4.60. The van der Waals surface area contributed by atoms with Crippen molar-refractivity contribution in [2.45, 2.75) is 31.0 Å². The number of amides is 1. The van der Waals surface area contributed by atoms with Gasteiger partial charge in [-0.25, -0.2) is 8.42 Å². The highest BCUT2D eigenvalue weighted by molar-refractivity contribution is 7.89. The fraction of sp³-hybridized carbons (Fsp3) is 0.286. The third-order valence-electron chi connectivity index (χ3n) is 4.26. The predicted molar refractivity (Wildman–Crippen MR) is 107 cm³/mol. The Morgan fingerprint density at radius 1 is 1.13 bits per heavy atom. The molecule has 0 bridgehead atoms.